The monoisotopic (exact) mass is 222 g/mol. The third kappa shape index (κ3) is 2.61. The van der Waals surface area contributed by atoms with Crippen molar-refractivity contribution in [2.75, 3.05) is 30.3 Å². The van der Waals surface area contributed by atoms with E-state index in [-0.39, 0.29) is 6.10 Å². The fraction of sp³-hybridized carbons (Fsp3) is 0.636. The van der Waals surface area contributed by atoms with Gasteiger partial charge < -0.3 is 15.4 Å². The molecule has 16 heavy (non-hydrogen) atoms. The van der Waals surface area contributed by atoms with Crippen LogP contribution in [0.3, 0.4) is 0 Å². The van der Waals surface area contributed by atoms with Crippen molar-refractivity contribution in [3.8, 4) is 0 Å². The van der Waals surface area contributed by atoms with Crippen LogP contribution in [0, 0.1) is 6.92 Å². The zero-order valence-electron chi connectivity index (χ0n) is 9.81. The van der Waals surface area contributed by atoms with Crippen molar-refractivity contribution in [3.05, 3.63) is 11.9 Å². The number of hydrogen-bond acceptors (Lipinski definition) is 5. The predicted octanol–water partition coefficient (Wildman–Crippen LogP) is 0.982. The SMILES string of the molecule is Cc1nc(N)cc(N2CCCOC(C)C2)n1. The van der Waals surface area contributed by atoms with Crippen molar-refractivity contribution in [3.63, 3.8) is 0 Å². The maximum Gasteiger partial charge on any atom is 0.134 e. The Hall–Kier alpha value is -1.36. The Morgan fingerprint density at radius 2 is 2.31 bits per heavy atom. The summed E-state index contributed by atoms with van der Waals surface area (Å²) in [6, 6.07) is 1.82. The summed E-state index contributed by atoms with van der Waals surface area (Å²) in [5.41, 5.74) is 5.73. The minimum absolute atomic E-state index is 0.235. The van der Waals surface area contributed by atoms with Crippen LogP contribution in [-0.2, 0) is 4.74 Å². The van der Waals surface area contributed by atoms with Gasteiger partial charge in [0.25, 0.3) is 0 Å². The molecule has 88 valence electrons. The molecule has 1 aliphatic heterocycles. The van der Waals surface area contributed by atoms with Crippen molar-refractivity contribution < 1.29 is 4.74 Å². The second-order valence-corrected chi connectivity index (χ2v) is 4.18. The molecule has 0 spiro atoms. The normalized spacial score (nSPS) is 21.9. The number of ether oxygens (including phenoxy) is 1. The Morgan fingerprint density at radius 3 is 3.06 bits per heavy atom. The maximum atomic E-state index is 5.73. The Balaban J connectivity index is 2.21. The van der Waals surface area contributed by atoms with E-state index in [9.17, 15) is 0 Å². The van der Waals surface area contributed by atoms with Crippen LogP contribution in [0.2, 0.25) is 0 Å². The van der Waals surface area contributed by atoms with Gasteiger partial charge >= 0.3 is 0 Å². The standard InChI is InChI=1S/C11H18N4O/c1-8-7-15(4-3-5-16-8)11-6-10(12)13-9(2)14-11/h6,8H,3-5,7H2,1-2H3,(H2,12,13,14). The lowest BCUT2D eigenvalue weighted by Gasteiger charge is -2.23. The smallest absolute Gasteiger partial charge is 0.134 e. The summed E-state index contributed by atoms with van der Waals surface area (Å²) in [5.74, 6) is 2.15. The molecule has 1 fully saturated rings. The van der Waals surface area contributed by atoms with E-state index in [4.69, 9.17) is 10.5 Å². The topological polar surface area (TPSA) is 64.3 Å². The number of nitrogen functional groups attached to an aromatic ring is 1. The Labute approximate surface area is 95.6 Å². The molecule has 1 aromatic rings. The molecule has 1 atom stereocenters. The van der Waals surface area contributed by atoms with E-state index in [1.54, 1.807) is 0 Å². The van der Waals surface area contributed by atoms with Gasteiger partial charge in [-0.15, -0.1) is 0 Å². The molecule has 5 heteroatoms. The molecule has 1 aromatic heterocycles. The molecule has 0 amide bonds. The number of nitrogens with two attached hydrogens (primary N) is 1. The first-order valence-corrected chi connectivity index (χ1v) is 5.63. The molecule has 1 saturated heterocycles. The molecule has 0 aliphatic carbocycles. The fourth-order valence-electron chi connectivity index (χ4n) is 1.94. The third-order valence-corrected chi connectivity index (χ3v) is 2.62. The average molecular weight is 222 g/mol. The highest BCUT2D eigenvalue weighted by Crippen LogP contribution is 2.17. The molecule has 0 bridgehead atoms. The highest BCUT2D eigenvalue weighted by molar-refractivity contribution is 5.47. The van der Waals surface area contributed by atoms with E-state index in [1.165, 1.54) is 0 Å². The Morgan fingerprint density at radius 1 is 1.50 bits per heavy atom. The van der Waals surface area contributed by atoms with E-state index in [1.807, 2.05) is 13.0 Å². The molecule has 0 radical (unpaired) electrons. The lowest BCUT2D eigenvalue weighted by atomic mass is 10.3. The zero-order valence-corrected chi connectivity index (χ0v) is 9.81. The van der Waals surface area contributed by atoms with E-state index >= 15 is 0 Å². The quantitative estimate of drug-likeness (QED) is 0.767. The molecule has 1 unspecified atom stereocenters. The highest BCUT2D eigenvalue weighted by Gasteiger charge is 2.16. The molecule has 2 rings (SSSR count). The van der Waals surface area contributed by atoms with Gasteiger partial charge in [-0.2, -0.15) is 0 Å². The zero-order chi connectivity index (χ0) is 11.5. The molecule has 1 aliphatic rings. The van der Waals surface area contributed by atoms with Crippen molar-refractivity contribution in [2.45, 2.75) is 26.4 Å². The van der Waals surface area contributed by atoms with E-state index in [0.717, 1.165) is 31.9 Å². The van der Waals surface area contributed by atoms with Crippen molar-refractivity contribution in [1.82, 2.24) is 9.97 Å². The van der Waals surface area contributed by atoms with Crippen LogP contribution in [0.15, 0.2) is 6.07 Å². The Kier molecular flexibility index (Phi) is 3.24. The molecular formula is C11H18N4O. The molecule has 0 saturated carbocycles. The van der Waals surface area contributed by atoms with Crippen LogP contribution in [0.4, 0.5) is 11.6 Å². The number of aromatic nitrogens is 2. The van der Waals surface area contributed by atoms with Crippen LogP contribution < -0.4 is 10.6 Å². The summed E-state index contributed by atoms with van der Waals surface area (Å²) in [5, 5.41) is 0. The minimum Gasteiger partial charge on any atom is -0.384 e. The van der Waals surface area contributed by atoms with Crippen molar-refractivity contribution >= 4 is 11.6 Å². The van der Waals surface area contributed by atoms with Crippen LogP contribution in [-0.4, -0.2) is 35.8 Å². The summed E-state index contributed by atoms with van der Waals surface area (Å²) in [7, 11) is 0. The number of hydrogen-bond donors (Lipinski definition) is 1. The van der Waals surface area contributed by atoms with Gasteiger partial charge in [-0.1, -0.05) is 0 Å². The summed E-state index contributed by atoms with van der Waals surface area (Å²) < 4.78 is 5.60. The van der Waals surface area contributed by atoms with Crippen LogP contribution in [0.25, 0.3) is 0 Å². The lowest BCUT2D eigenvalue weighted by Crippen LogP contribution is -2.31. The van der Waals surface area contributed by atoms with Crippen molar-refractivity contribution in [2.24, 2.45) is 0 Å². The number of anilines is 2. The van der Waals surface area contributed by atoms with Crippen LogP contribution in [0.1, 0.15) is 19.2 Å². The van der Waals surface area contributed by atoms with Gasteiger partial charge in [0.05, 0.1) is 6.10 Å². The summed E-state index contributed by atoms with van der Waals surface area (Å²) in [6.45, 7) is 6.57. The maximum absolute atomic E-state index is 5.73. The van der Waals surface area contributed by atoms with E-state index in [2.05, 4.69) is 21.8 Å². The minimum atomic E-state index is 0.235. The number of nitrogens with zero attached hydrogens (tertiary/aromatic N) is 3. The first kappa shape index (κ1) is 11.1. The summed E-state index contributed by atoms with van der Waals surface area (Å²) in [6.07, 6.45) is 1.26. The second kappa shape index (κ2) is 4.65. The average Bonchev–Trinajstić information content (AvgIpc) is 2.41. The lowest BCUT2D eigenvalue weighted by molar-refractivity contribution is 0.0820. The van der Waals surface area contributed by atoms with Gasteiger partial charge in [0.15, 0.2) is 0 Å². The van der Waals surface area contributed by atoms with Gasteiger partial charge in [0.2, 0.25) is 0 Å². The first-order chi connectivity index (χ1) is 7.65. The van der Waals surface area contributed by atoms with E-state index < -0.39 is 0 Å². The molecule has 2 N–H and O–H groups in total. The fourth-order valence-corrected chi connectivity index (χ4v) is 1.94. The highest BCUT2D eigenvalue weighted by atomic mass is 16.5. The first-order valence-electron chi connectivity index (χ1n) is 5.63. The van der Waals surface area contributed by atoms with Gasteiger partial charge in [0.1, 0.15) is 17.5 Å². The van der Waals surface area contributed by atoms with Crippen LogP contribution in [0.5, 0.6) is 0 Å². The predicted molar refractivity (Wildman–Crippen MR) is 63.4 cm³/mol. The van der Waals surface area contributed by atoms with E-state index in [0.29, 0.717) is 11.6 Å². The largest absolute Gasteiger partial charge is 0.384 e. The molecule has 0 aromatic carbocycles. The van der Waals surface area contributed by atoms with Gasteiger partial charge in [-0.05, 0) is 20.3 Å². The van der Waals surface area contributed by atoms with Gasteiger partial charge in [0, 0.05) is 25.8 Å². The van der Waals surface area contributed by atoms with Gasteiger partial charge in [-0.25, -0.2) is 9.97 Å². The Bertz CT molecular complexity index is 349. The van der Waals surface area contributed by atoms with Crippen LogP contribution >= 0.6 is 0 Å². The second-order valence-electron chi connectivity index (χ2n) is 4.18. The van der Waals surface area contributed by atoms with Crippen molar-refractivity contribution in [1.29, 1.82) is 0 Å². The molecule has 2 heterocycles. The number of aryl methyl sites for hydroxylation is 1. The summed E-state index contributed by atoms with van der Waals surface area (Å²) in [4.78, 5) is 10.7. The summed E-state index contributed by atoms with van der Waals surface area (Å²) >= 11 is 0. The molecular weight excluding hydrogens is 204 g/mol. The molecule has 5 nitrogen and oxygen atoms in total. The third-order valence-electron chi connectivity index (χ3n) is 2.62. The number of rotatable bonds is 1. The van der Waals surface area contributed by atoms with Gasteiger partial charge in [-0.3, -0.25) is 0 Å².